The average Bonchev–Trinajstić information content (AvgIpc) is 3.11. The number of rotatable bonds is 7. The molecule has 0 N–H and O–H groups in total. The van der Waals surface area contributed by atoms with Crippen LogP contribution in [0.4, 0.5) is 10.2 Å². The Labute approximate surface area is 194 Å². The van der Waals surface area contributed by atoms with Gasteiger partial charge in [-0.25, -0.2) is 22.5 Å². The quantitative estimate of drug-likeness (QED) is 0.523. The van der Waals surface area contributed by atoms with Gasteiger partial charge in [0.25, 0.3) is 0 Å². The van der Waals surface area contributed by atoms with Gasteiger partial charge in [-0.15, -0.1) is 5.10 Å². The number of aromatic nitrogens is 4. The fourth-order valence-electron chi connectivity index (χ4n) is 3.81. The molecule has 0 saturated carbocycles. The fourth-order valence-corrected chi connectivity index (χ4v) is 4.72. The van der Waals surface area contributed by atoms with Gasteiger partial charge in [0.1, 0.15) is 17.3 Å². The molecule has 1 aliphatic heterocycles. The lowest BCUT2D eigenvalue weighted by Crippen LogP contribution is -2.31. The van der Waals surface area contributed by atoms with Gasteiger partial charge in [0, 0.05) is 32.7 Å². The predicted octanol–water partition coefficient (Wildman–Crippen LogP) is 2.84. The number of benzene rings is 1. The number of hydrogen-bond donors (Lipinski definition) is 0. The van der Waals surface area contributed by atoms with Gasteiger partial charge < -0.3 is 4.90 Å². The van der Waals surface area contributed by atoms with Gasteiger partial charge >= 0.3 is 0 Å². The molecule has 3 heterocycles. The Morgan fingerprint density at radius 1 is 1.00 bits per heavy atom. The summed E-state index contributed by atoms with van der Waals surface area (Å²) in [6, 6.07) is 12.1. The molecule has 0 atom stereocenters. The second-order valence-corrected chi connectivity index (χ2v) is 11.1. The van der Waals surface area contributed by atoms with E-state index < -0.39 is 15.1 Å². The zero-order valence-electron chi connectivity index (χ0n) is 18.9. The van der Waals surface area contributed by atoms with Crippen molar-refractivity contribution in [2.24, 2.45) is 0 Å². The Morgan fingerprint density at radius 3 is 2.61 bits per heavy atom. The Morgan fingerprint density at radius 2 is 1.82 bits per heavy atom. The summed E-state index contributed by atoms with van der Waals surface area (Å²) in [5.41, 5.74) is 1.74. The van der Waals surface area contributed by atoms with Crippen LogP contribution in [-0.4, -0.2) is 64.7 Å². The first kappa shape index (κ1) is 23.3. The SMILES string of the molecule is CC(C)S(=O)(=O)Cc1cccc(N2CCCN(Cc3cn(-c4ccccc4F)nn3)CC2)n1. The van der Waals surface area contributed by atoms with Gasteiger partial charge in [-0.2, -0.15) is 0 Å². The standard InChI is InChI=1S/C23H29FN6O2S/c1-18(2)33(31,32)17-19-7-5-10-23(25-19)29-12-6-11-28(13-14-29)15-20-16-30(27-26-20)22-9-4-3-8-21(22)24/h3-5,7-10,16,18H,6,11-15,17H2,1-2H3. The second kappa shape index (κ2) is 9.96. The Balaban J connectivity index is 1.39. The molecule has 0 bridgehead atoms. The first-order chi connectivity index (χ1) is 15.8. The van der Waals surface area contributed by atoms with Crippen molar-refractivity contribution in [2.45, 2.75) is 37.8 Å². The minimum atomic E-state index is -3.20. The summed E-state index contributed by atoms with van der Waals surface area (Å²) < 4.78 is 40.0. The van der Waals surface area contributed by atoms with E-state index in [0.29, 0.717) is 17.9 Å². The highest BCUT2D eigenvalue weighted by molar-refractivity contribution is 7.91. The van der Waals surface area contributed by atoms with E-state index >= 15 is 0 Å². The topological polar surface area (TPSA) is 84.2 Å². The number of para-hydroxylation sites is 1. The van der Waals surface area contributed by atoms with Crippen molar-refractivity contribution in [3.05, 3.63) is 65.9 Å². The number of halogens is 1. The van der Waals surface area contributed by atoms with Crippen molar-refractivity contribution in [3.8, 4) is 5.69 Å². The van der Waals surface area contributed by atoms with Gasteiger partial charge in [-0.05, 0) is 44.5 Å². The van der Waals surface area contributed by atoms with E-state index in [0.717, 1.165) is 44.1 Å². The number of pyridine rings is 1. The van der Waals surface area contributed by atoms with Gasteiger partial charge in [-0.3, -0.25) is 4.90 Å². The van der Waals surface area contributed by atoms with Crippen LogP contribution in [0.1, 0.15) is 31.7 Å². The molecule has 3 aromatic rings. The van der Waals surface area contributed by atoms with Crippen LogP contribution < -0.4 is 4.90 Å². The third kappa shape index (κ3) is 5.75. The van der Waals surface area contributed by atoms with Crippen LogP contribution in [-0.2, 0) is 22.1 Å². The molecule has 0 aliphatic carbocycles. The number of anilines is 1. The van der Waals surface area contributed by atoms with Crippen molar-refractivity contribution < 1.29 is 12.8 Å². The van der Waals surface area contributed by atoms with Crippen LogP contribution in [0.5, 0.6) is 0 Å². The molecular formula is C23H29FN6O2S. The lowest BCUT2D eigenvalue weighted by molar-refractivity contribution is 0.282. The molecule has 1 saturated heterocycles. The van der Waals surface area contributed by atoms with Gasteiger partial charge in [0.15, 0.2) is 9.84 Å². The molecule has 176 valence electrons. The van der Waals surface area contributed by atoms with E-state index in [1.807, 2.05) is 12.1 Å². The van der Waals surface area contributed by atoms with E-state index in [9.17, 15) is 12.8 Å². The molecule has 0 radical (unpaired) electrons. The highest BCUT2D eigenvalue weighted by Crippen LogP contribution is 2.18. The number of hydrogen-bond acceptors (Lipinski definition) is 7. The lowest BCUT2D eigenvalue weighted by atomic mass is 10.3. The summed E-state index contributed by atoms with van der Waals surface area (Å²) in [6.07, 6.45) is 2.71. The van der Waals surface area contributed by atoms with Crippen molar-refractivity contribution in [1.29, 1.82) is 0 Å². The third-order valence-corrected chi connectivity index (χ3v) is 7.93. The first-order valence-corrected chi connectivity index (χ1v) is 12.8. The average molecular weight is 473 g/mol. The molecule has 2 aromatic heterocycles. The van der Waals surface area contributed by atoms with Crippen LogP contribution in [0.25, 0.3) is 5.69 Å². The fraction of sp³-hybridized carbons (Fsp3) is 0.435. The maximum atomic E-state index is 14.0. The highest BCUT2D eigenvalue weighted by Gasteiger charge is 2.20. The van der Waals surface area contributed by atoms with Gasteiger partial charge in [0.2, 0.25) is 0 Å². The molecular weight excluding hydrogens is 443 g/mol. The number of sulfone groups is 1. The van der Waals surface area contributed by atoms with E-state index in [1.165, 1.54) is 10.7 Å². The second-order valence-electron chi connectivity index (χ2n) is 8.57. The largest absolute Gasteiger partial charge is 0.355 e. The van der Waals surface area contributed by atoms with E-state index in [4.69, 9.17) is 0 Å². The minimum Gasteiger partial charge on any atom is -0.355 e. The van der Waals surface area contributed by atoms with Crippen LogP contribution in [0.3, 0.4) is 0 Å². The Kier molecular flexibility index (Phi) is 7.04. The van der Waals surface area contributed by atoms with Crippen molar-refractivity contribution in [2.75, 3.05) is 31.1 Å². The predicted molar refractivity (Wildman–Crippen MR) is 125 cm³/mol. The van der Waals surface area contributed by atoms with Crippen LogP contribution in [0.2, 0.25) is 0 Å². The molecule has 0 unspecified atom stereocenters. The van der Waals surface area contributed by atoms with E-state index in [-0.39, 0.29) is 11.6 Å². The summed E-state index contributed by atoms with van der Waals surface area (Å²) >= 11 is 0. The van der Waals surface area contributed by atoms with E-state index in [1.54, 1.807) is 44.3 Å². The molecule has 1 fully saturated rings. The normalized spacial score (nSPS) is 15.7. The molecule has 33 heavy (non-hydrogen) atoms. The molecule has 0 spiro atoms. The van der Waals surface area contributed by atoms with E-state index in [2.05, 4.69) is 25.1 Å². The Hall–Kier alpha value is -2.85. The highest BCUT2D eigenvalue weighted by atomic mass is 32.2. The molecule has 8 nitrogen and oxygen atoms in total. The summed E-state index contributed by atoms with van der Waals surface area (Å²) in [7, 11) is -3.20. The first-order valence-electron chi connectivity index (χ1n) is 11.1. The van der Waals surface area contributed by atoms with Crippen LogP contribution in [0, 0.1) is 5.82 Å². The monoisotopic (exact) mass is 472 g/mol. The smallest absolute Gasteiger partial charge is 0.158 e. The summed E-state index contributed by atoms with van der Waals surface area (Å²) in [5.74, 6) is 0.421. The van der Waals surface area contributed by atoms with Gasteiger partial charge in [-0.1, -0.05) is 23.4 Å². The van der Waals surface area contributed by atoms with Crippen molar-refractivity contribution >= 4 is 15.7 Å². The molecule has 0 amide bonds. The van der Waals surface area contributed by atoms with Crippen molar-refractivity contribution in [3.63, 3.8) is 0 Å². The van der Waals surface area contributed by atoms with Gasteiger partial charge in [0.05, 0.1) is 28.6 Å². The minimum absolute atomic E-state index is 0.0455. The summed E-state index contributed by atoms with van der Waals surface area (Å²) in [5, 5.41) is 7.87. The molecule has 4 rings (SSSR count). The maximum absolute atomic E-state index is 14.0. The molecule has 10 heteroatoms. The zero-order valence-corrected chi connectivity index (χ0v) is 19.7. The lowest BCUT2D eigenvalue weighted by Gasteiger charge is -2.23. The number of nitrogens with zero attached hydrogens (tertiary/aromatic N) is 6. The molecule has 1 aliphatic rings. The van der Waals surface area contributed by atoms with Crippen molar-refractivity contribution in [1.82, 2.24) is 24.9 Å². The Bertz CT molecular complexity index is 1200. The summed E-state index contributed by atoms with van der Waals surface area (Å²) in [6.45, 7) is 7.32. The third-order valence-electron chi connectivity index (χ3n) is 5.80. The molecule has 1 aromatic carbocycles. The van der Waals surface area contributed by atoms with Crippen LogP contribution in [0.15, 0.2) is 48.7 Å². The summed E-state index contributed by atoms with van der Waals surface area (Å²) in [4.78, 5) is 9.12. The maximum Gasteiger partial charge on any atom is 0.158 e. The van der Waals surface area contributed by atoms with Crippen LogP contribution >= 0.6 is 0 Å². The zero-order chi connectivity index (χ0) is 23.4.